The predicted octanol–water partition coefficient (Wildman–Crippen LogP) is 5.13. The zero-order valence-corrected chi connectivity index (χ0v) is 10.9. The molecule has 0 aliphatic carbocycles. The van der Waals surface area contributed by atoms with E-state index in [-0.39, 0.29) is 11.3 Å². The van der Waals surface area contributed by atoms with Crippen LogP contribution in [0.25, 0.3) is 0 Å². The molecule has 0 atom stereocenters. The molecule has 0 saturated heterocycles. The Morgan fingerprint density at radius 2 is 1.53 bits per heavy atom. The highest BCUT2D eigenvalue weighted by molar-refractivity contribution is 5.39. The van der Waals surface area contributed by atoms with E-state index in [0.29, 0.717) is 0 Å². The molecule has 1 aromatic carbocycles. The fourth-order valence-electron chi connectivity index (χ4n) is 1.90. The van der Waals surface area contributed by atoms with Crippen molar-refractivity contribution >= 4 is 0 Å². The molecule has 0 nitrogen and oxygen atoms in total. The zero-order valence-electron chi connectivity index (χ0n) is 10.9. The van der Waals surface area contributed by atoms with Crippen molar-refractivity contribution in [3.63, 3.8) is 0 Å². The molecule has 0 aliphatic rings. The van der Waals surface area contributed by atoms with Crippen molar-refractivity contribution < 1.29 is 13.2 Å². The van der Waals surface area contributed by atoms with Gasteiger partial charge in [0.25, 0.3) is 0 Å². The molecule has 0 aromatic heterocycles. The van der Waals surface area contributed by atoms with Gasteiger partial charge in [-0.05, 0) is 34.6 Å². The molecule has 17 heavy (non-hydrogen) atoms. The van der Waals surface area contributed by atoms with E-state index in [1.807, 2.05) is 34.6 Å². The van der Waals surface area contributed by atoms with Gasteiger partial charge in [0.05, 0.1) is 5.56 Å². The average molecular weight is 244 g/mol. The lowest BCUT2D eigenvalue weighted by Crippen LogP contribution is -2.16. The first-order chi connectivity index (χ1) is 7.53. The van der Waals surface area contributed by atoms with E-state index < -0.39 is 11.7 Å². The van der Waals surface area contributed by atoms with E-state index in [2.05, 4.69) is 0 Å². The number of alkyl halides is 3. The first-order valence-corrected chi connectivity index (χ1v) is 5.75. The summed E-state index contributed by atoms with van der Waals surface area (Å²) in [6.07, 6.45) is -4.26. The molecule has 1 aromatic rings. The van der Waals surface area contributed by atoms with Crippen LogP contribution in [0, 0.1) is 0 Å². The van der Waals surface area contributed by atoms with Gasteiger partial charge in [-0.1, -0.05) is 40.7 Å². The first kappa shape index (κ1) is 14.1. The van der Waals surface area contributed by atoms with E-state index in [1.165, 1.54) is 12.1 Å². The molecule has 0 unspecified atom stereocenters. The second-order valence-corrected chi connectivity index (χ2v) is 5.70. The lowest BCUT2D eigenvalue weighted by molar-refractivity contribution is -0.137. The summed E-state index contributed by atoms with van der Waals surface area (Å²) in [6.45, 7) is 9.89. The minimum Gasteiger partial charge on any atom is -0.166 e. The number of halogens is 3. The molecule has 0 radical (unpaired) electrons. The molecule has 0 aliphatic heterocycles. The van der Waals surface area contributed by atoms with E-state index in [9.17, 15) is 13.2 Å². The molecule has 96 valence electrons. The van der Waals surface area contributed by atoms with Crippen LogP contribution in [0.4, 0.5) is 13.2 Å². The van der Waals surface area contributed by atoms with Gasteiger partial charge in [-0.25, -0.2) is 0 Å². The van der Waals surface area contributed by atoms with Crippen LogP contribution in [0.2, 0.25) is 0 Å². The molecule has 0 spiro atoms. The lowest BCUT2D eigenvalue weighted by atomic mass is 9.80. The van der Waals surface area contributed by atoms with Gasteiger partial charge >= 0.3 is 6.18 Å². The predicted molar refractivity (Wildman–Crippen MR) is 64.2 cm³/mol. The van der Waals surface area contributed by atoms with E-state index in [1.54, 1.807) is 6.07 Å². The molecule has 3 heteroatoms. The van der Waals surface area contributed by atoms with Gasteiger partial charge in [-0.15, -0.1) is 0 Å². The molecule has 0 amide bonds. The Morgan fingerprint density at radius 3 is 1.88 bits per heavy atom. The van der Waals surface area contributed by atoms with Crippen LogP contribution < -0.4 is 0 Å². The van der Waals surface area contributed by atoms with Crippen molar-refractivity contribution in [1.29, 1.82) is 0 Å². The lowest BCUT2D eigenvalue weighted by Gasteiger charge is -2.25. The van der Waals surface area contributed by atoms with Crippen LogP contribution >= 0.6 is 0 Å². The summed E-state index contributed by atoms with van der Waals surface area (Å²) in [4.78, 5) is 0. The minimum atomic E-state index is -4.26. The van der Waals surface area contributed by atoms with Gasteiger partial charge in [0, 0.05) is 0 Å². The Hall–Kier alpha value is -0.990. The van der Waals surface area contributed by atoms with Crippen molar-refractivity contribution in [3.8, 4) is 0 Å². The molecular weight excluding hydrogens is 225 g/mol. The van der Waals surface area contributed by atoms with Crippen LogP contribution in [0.3, 0.4) is 0 Å². The summed E-state index contributed by atoms with van der Waals surface area (Å²) in [6, 6.07) is 4.07. The van der Waals surface area contributed by atoms with Gasteiger partial charge in [-0.2, -0.15) is 13.2 Å². The highest BCUT2D eigenvalue weighted by Crippen LogP contribution is 2.36. The standard InChI is InChI=1S/C14H19F3/c1-9(2)11-8-10(14(15,16)17)6-7-12(11)13(3,4)5/h6-9H,1-5H3. The Balaban J connectivity index is 3.38. The topological polar surface area (TPSA) is 0 Å². The van der Waals surface area contributed by atoms with Crippen LogP contribution in [0.5, 0.6) is 0 Å². The Labute approximate surface area is 101 Å². The quantitative estimate of drug-likeness (QED) is 0.642. The second kappa shape index (κ2) is 4.35. The molecule has 0 fully saturated rings. The molecule has 1 rings (SSSR count). The third-order valence-corrected chi connectivity index (χ3v) is 2.81. The molecule has 0 heterocycles. The monoisotopic (exact) mass is 244 g/mol. The van der Waals surface area contributed by atoms with Crippen LogP contribution in [-0.4, -0.2) is 0 Å². The molecule has 0 N–H and O–H groups in total. The molecular formula is C14H19F3. The Bertz CT molecular complexity index is 395. The Kier molecular flexibility index (Phi) is 3.60. The first-order valence-electron chi connectivity index (χ1n) is 5.75. The average Bonchev–Trinajstić information content (AvgIpc) is 2.14. The van der Waals surface area contributed by atoms with Gasteiger partial charge in [-0.3, -0.25) is 0 Å². The highest BCUT2D eigenvalue weighted by atomic mass is 19.4. The minimum absolute atomic E-state index is 0.0894. The van der Waals surface area contributed by atoms with Gasteiger partial charge in [0.1, 0.15) is 0 Å². The third-order valence-electron chi connectivity index (χ3n) is 2.81. The fraction of sp³-hybridized carbons (Fsp3) is 0.571. The highest BCUT2D eigenvalue weighted by Gasteiger charge is 2.32. The SMILES string of the molecule is CC(C)c1cc(C(F)(F)F)ccc1C(C)(C)C. The fourth-order valence-corrected chi connectivity index (χ4v) is 1.90. The number of benzene rings is 1. The van der Waals surface area contributed by atoms with Crippen LogP contribution in [0.15, 0.2) is 18.2 Å². The largest absolute Gasteiger partial charge is 0.416 e. The number of hydrogen-bond acceptors (Lipinski definition) is 0. The van der Waals surface area contributed by atoms with Crippen molar-refractivity contribution in [2.24, 2.45) is 0 Å². The van der Waals surface area contributed by atoms with Crippen LogP contribution in [0.1, 0.15) is 57.2 Å². The Morgan fingerprint density at radius 1 is 1.00 bits per heavy atom. The zero-order chi connectivity index (χ0) is 13.4. The third kappa shape index (κ3) is 3.24. The normalized spacial score (nSPS) is 13.2. The number of hydrogen-bond donors (Lipinski definition) is 0. The van der Waals surface area contributed by atoms with Gasteiger partial charge in [0.2, 0.25) is 0 Å². The van der Waals surface area contributed by atoms with Gasteiger partial charge < -0.3 is 0 Å². The van der Waals surface area contributed by atoms with E-state index in [0.717, 1.165) is 11.1 Å². The summed E-state index contributed by atoms with van der Waals surface area (Å²) < 4.78 is 38.0. The van der Waals surface area contributed by atoms with Crippen molar-refractivity contribution in [3.05, 3.63) is 34.9 Å². The molecule has 0 saturated carbocycles. The maximum atomic E-state index is 12.7. The summed E-state index contributed by atoms with van der Waals surface area (Å²) in [5, 5.41) is 0. The summed E-state index contributed by atoms with van der Waals surface area (Å²) in [5.41, 5.74) is 1.08. The summed E-state index contributed by atoms with van der Waals surface area (Å²) in [7, 11) is 0. The van der Waals surface area contributed by atoms with Crippen LogP contribution in [-0.2, 0) is 11.6 Å². The van der Waals surface area contributed by atoms with Gasteiger partial charge in [0.15, 0.2) is 0 Å². The maximum absolute atomic E-state index is 12.7. The van der Waals surface area contributed by atoms with Crippen molar-refractivity contribution in [1.82, 2.24) is 0 Å². The molecule has 0 bridgehead atoms. The van der Waals surface area contributed by atoms with Crippen molar-refractivity contribution in [2.45, 2.75) is 52.1 Å². The second-order valence-electron chi connectivity index (χ2n) is 5.70. The summed E-state index contributed by atoms with van der Waals surface area (Å²) in [5.74, 6) is 0.0894. The van der Waals surface area contributed by atoms with E-state index in [4.69, 9.17) is 0 Å². The summed E-state index contributed by atoms with van der Waals surface area (Å²) >= 11 is 0. The van der Waals surface area contributed by atoms with E-state index >= 15 is 0 Å². The smallest absolute Gasteiger partial charge is 0.166 e. The number of rotatable bonds is 1. The maximum Gasteiger partial charge on any atom is 0.416 e. The van der Waals surface area contributed by atoms with Crippen molar-refractivity contribution in [2.75, 3.05) is 0 Å².